The topological polar surface area (TPSA) is 57.6 Å². The Morgan fingerprint density at radius 1 is 1.25 bits per heavy atom. The molecule has 0 heterocycles. The Morgan fingerprint density at radius 3 is 2.25 bits per heavy atom. The molecule has 1 amide bonds. The lowest BCUT2D eigenvalue weighted by molar-refractivity contribution is -0.146. The third-order valence-corrected chi connectivity index (χ3v) is 3.74. The normalized spacial score (nSPS) is 11.2. The van der Waals surface area contributed by atoms with Crippen LogP contribution in [0.2, 0.25) is 0 Å². The maximum atomic E-state index is 12.6. The first kappa shape index (κ1) is 16.7. The number of aliphatic carboxylic acids is 1. The number of benzene rings is 1. The standard InChI is InChI=1S/C15H20BrNO3/c1-4-9-17(10-13(18)19)14(20)15(2,3)11-5-7-12(16)8-6-11/h5-8H,4,9-10H2,1-3H3,(H,18,19). The second-order valence-corrected chi connectivity index (χ2v) is 6.17. The molecular weight excluding hydrogens is 322 g/mol. The van der Waals surface area contributed by atoms with Gasteiger partial charge in [0.15, 0.2) is 0 Å². The molecule has 1 aromatic rings. The minimum atomic E-state index is -0.988. The van der Waals surface area contributed by atoms with E-state index in [1.807, 2.05) is 45.0 Å². The van der Waals surface area contributed by atoms with Crippen molar-refractivity contribution in [1.82, 2.24) is 4.90 Å². The minimum absolute atomic E-state index is 0.163. The average molecular weight is 342 g/mol. The van der Waals surface area contributed by atoms with Gasteiger partial charge < -0.3 is 10.0 Å². The number of nitrogens with zero attached hydrogens (tertiary/aromatic N) is 1. The van der Waals surface area contributed by atoms with Gasteiger partial charge in [-0.2, -0.15) is 0 Å². The molecule has 1 N–H and O–H groups in total. The second-order valence-electron chi connectivity index (χ2n) is 5.25. The van der Waals surface area contributed by atoms with E-state index in [2.05, 4.69) is 15.9 Å². The fourth-order valence-corrected chi connectivity index (χ4v) is 2.34. The minimum Gasteiger partial charge on any atom is -0.480 e. The maximum absolute atomic E-state index is 12.6. The molecule has 0 aliphatic carbocycles. The molecular formula is C15H20BrNO3. The van der Waals surface area contributed by atoms with Crippen LogP contribution < -0.4 is 0 Å². The van der Waals surface area contributed by atoms with Gasteiger partial charge in [-0.15, -0.1) is 0 Å². The summed E-state index contributed by atoms with van der Waals surface area (Å²) in [5.41, 5.74) is 0.128. The maximum Gasteiger partial charge on any atom is 0.323 e. The van der Waals surface area contributed by atoms with E-state index in [9.17, 15) is 9.59 Å². The van der Waals surface area contributed by atoms with Gasteiger partial charge in [-0.3, -0.25) is 9.59 Å². The number of hydrogen-bond acceptors (Lipinski definition) is 2. The highest BCUT2D eigenvalue weighted by Crippen LogP contribution is 2.27. The quantitative estimate of drug-likeness (QED) is 0.864. The number of halogens is 1. The molecule has 0 aromatic heterocycles. The van der Waals surface area contributed by atoms with Gasteiger partial charge >= 0.3 is 5.97 Å². The molecule has 0 saturated carbocycles. The Labute approximate surface area is 127 Å². The molecule has 0 aliphatic rings. The van der Waals surface area contributed by atoms with Crippen molar-refractivity contribution in [2.75, 3.05) is 13.1 Å². The molecule has 0 atom stereocenters. The van der Waals surface area contributed by atoms with E-state index in [1.54, 1.807) is 0 Å². The van der Waals surface area contributed by atoms with Crippen LogP contribution in [0.1, 0.15) is 32.8 Å². The first-order valence-electron chi connectivity index (χ1n) is 6.56. The van der Waals surface area contributed by atoms with Crippen molar-refractivity contribution in [3.05, 3.63) is 34.3 Å². The summed E-state index contributed by atoms with van der Waals surface area (Å²) >= 11 is 3.36. The van der Waals surface area contributed by atoms with Crippen molar-refractivity contribution in [3.8, 4) is 0 Å². The average Bonchev–Trinajstić information content (AvgIpc) is 2.37. The van der Waals surface area contributed by atoms with Gasteiger partial charge in [-0.1, -0.05) is 35.0 Å². The van der Waals surface area contributed by atoms with E-state index >= 15 is 0 Å². The number of hydrogen-bond donors (Lipinski definition) is 1. The van der Waals surface area contributed by atoms with E-state index in [-0.39, 0.29) is 12.5 Å². The van der Waals surface area contributed by atoms with Crippen LogP contribution in [0.3, 0.4) is 0 Å². The zero-order valence-electron chi connectivity index (χ0n) is 12.0. The third kappa shape index (κ3) is 4.07. The van der Waals surface area contributed by atoms with E-state index in [0.29, 0.717) is 6.54 Å². The Balaban J connectivity index is 3.01. The molecule has 0 radical (unpaired) electrons. The highest BCUT2D eigenvalue weighted by atomic mass is 79.9. The SMILES string of the molecule is CCCN(CC(=O)O)C(=O)C(C)(C)c1ccc(Br)cc1. The summed E-state index contributed by atoms with van der Waals surface area (Å²) in [6, 6.07) is 7.52. The van der Waals surface area contributed by atoms with Crippen molar-refractivity contribution >= 4 is 27.8 Å². The predicted molar refractivity (Wildman–Crippen MR) is 81.7 cm³/mol. The van der Waals surface area contributed by atoms with E-state index < -0.39 is 11.4 Å². The van der Waals surface area contributed by atoms with Crippen LogP contribution in [-0.4, -0.2) is 35.0 Å². The van der Waals surface area contributed by atoms with Gasteiger partial charge in [0.1, 0.15) is 6.54 Å². The van der Waals surface area contributed by atoms with E-state index in [0.717, 1.165) is 16.5 Å². The summed E-state index contributed by atoms with van der Waals surface area (Å²) < 4.78 is 0.945. The van der Waals surface area contributed by atoms with E-state index in [4.69, 9.17) is 5.11 Å². The van der Waals surface area contributed by atoms with Crippen LogP contribution in [-0.2, 0) is 15.0 Å². The summed E-state index contributed by atoms with van der Waals surface area (Å²) in [6.07, 6.45) is 0.732. The summed E-state index contributed by atoms with van der Waals surface area (Å²) in [7, 11) is 0. The molecule has 0 fully saturated rings. The zero-order valence-corrected chi connectivity index (χ0v) is 13.6. The van der Waals surface area contributed by atoms with Gasteiger partial charge in [0.2, 0.25) is 5.91 Å². The zero-order chi connectivity index (χ0) is 15.3. The Kier molecular flexibility index (Phi) is 5.74. The molecule has 1 rings (SSSR count). The van der Waals surface area contributed by atoms with E-state index in [1.165, 1.54) is 4.90 Å². The van der Waals surface area contributed by atoms with Crippen LogP contribution in [0, 0.1) is 0 Å². The number of carbonyl (C=O) groups is 2. The predicted octanol–water partition coefficient (Wildman–Crippen LogP) is 3.05. The van der Waals surface area contributed by atoms with Crippen molar-refractivity contribution < 1.29 is 14.7 Å². The van der Waals surface area contributed by atoms with Gasteiger partial charge in [-0.05, 0) is 38.0 Å². The molecule has 110 valence electrons. The van der Waals surface area contributed by atoms with Gasteiger partial charge in [0.25, 0.3) is 0 Å². The first-order valence-corrected chi connectivity index (χ1v) is 7.35. The molecule has 0 bridgehead atoms. The molecule has 20 heavy (non-hydrogen) atoms. The molecule has 1 aromatic carbocycles. The number of rotatable bonds is 6. The fourth-order valence-electron chi connectivity index (χ4n) is 2.07. The number of amides is 1. The largest absolute Gasteiger partial charge is 0.480 e. The third-order valence-electron chi connectivity index (χ3n) is 3.21. The number of carboxylic acids is 1. The van der Waals surface area contributed by atoms with Crippen LogP contribution in [0.5, 0.6) is 0 Å². The number of carboxylic acid groups (broad SMARTS) is 1. The lowest BCUT2D eigenvalue weighted by Crippen LogP contribution is -2.46. The molecule has 0 saturated heterocycles. The van der Waals surface area contributed by atoms with Crippen LogP contribution in [0.25, 0.3) is 0 Å². The Morgan fingerprint density at radius 2 is 1.80 bits per heavy atom. The smallest absolute Gasteiger partial charge is 0.323 e. The van der Waals surface area contributed by atoms with Crippen LogP contribution in [0.15, 0.2) is 28.7 Å². The van der Waals surface area contributed by atoms with Gasteiger partial charge in [0, 0.05) is 11.0 Å². The molecule has 0 aliphatic heterocycles. The van der Waals surface area contributed by atoms with Gasteiger partial charge in [-0.25, -0.2) is 0 Å². The molecule has 0 unspecified atom stereocenters. The Hall–Kier alpha value is -1.36. The van der Waals surface area contributed by atoms with Crippen molar-refractivity contribution in [2.24, 2.45) is 0 Å². The monoisotopic (exact) mass is 341 g/mol. The second kappa shape index (κ2) is 6.88. The summed E-state index contributed by atoms with van der Waals surface area (Å²) in [6.45, 7) is 5.76. The lowest BCUT2D eigenvalue weighted by atomic mass is 9.83. The molecule has 4 nitrogen and oxygen atoms in total. The molecule has 5 heteroatoms. The van der Waals surface area contributed by atoms with Crippen molar-refractivity contribution in [2.45, 2.75) is 32.6 Å². The van der Waals surface area contributed by atoms with Gasteiger partial charge in [0.05, 0.1) is 5.41 Å². The van der Waals surface area contributed by atoms with Crippen molar-refractivity contribution in [3.63, 3.8) is 0 Å². The first-order chi connectivity index (χ1) is 9.28. The Bertz CT molecular complexity index is 482. The lowest BCUT2D eigenvalue weighted by Gasteiger charge is -2.31. The summed E-state index contributed by atoms with van der Waals surface area (Å²) in [4.78, 5) is 24.9. The van der Waals surface area contributed by atoms with Crippen molar-refractivity contribution in [1.29, 1.82) is 0 Å². The number of carbonyl (C=O) groups excluding carboxylic acids is 1. The highest BCUT2D eigenvalue weighted by molar-refractivity contribution is 9.10. The molecule has 0 spiro atoms. The summed E-state index contributed by atoms with van der Waals surface area (Å²) in [5, 5.41) is 8.93. The van der Waals surface area contributed by atoms with Crippen LogP contribution in [0.4, 0.5) is 0 Å². The fraction of sp³-hybridized carbons (Fsp3) is 0.467. The highest BCUT2D eigenvalue weighted by Gasteiger charge is 2.34. The summed E-state index contributed by atoms with van der Waals surface area (Å²) in [5.74, 6) is -1.15. The van der Waals surface area contributed by atoms with Crippen LogP contribution >= 0.6 is 15.9 Å².